The lowest BCUT2D eigenvalue weighted by Crippen LogP contribution is -2.23. The summed E-state index contributed by atoms with van der Waals surface area (Å²) in [6.45, 7) is 0.348. The lowest BCUT2D eigenvalue weighted by Gasteiger charge is -2.20. The molecule has 1 heterocycles. The molecule has 1 atom stereocenters. The Hall–Kier alpha value is -3.21. The zero-order valence-electron chi connectivity index (χ0n) is 16.2. The van der Waals surface area contributed by atoms with Gasteiger partial charge in [0.1, 0.15) is 0 Å². The Balaban J connectivity index is 1.56. The van der Waals surface area contributed by atoms with E-state index in [9.17, 15) is 14.7 Å². The predicted molar refractivity (Wildman–Crippen MR) is 112 cm³/mol. The molecule has 5 heteroatoms. The van der Waals surface area contributed by atoms with Gasteiger partial charge in [0.05, 0.1) is 18.2 Å². The average Bonchev–Trinajstić information content (AvgIpc) is 3.26. The number of aromatic nitrogens is 2. The van der Waals surface area contributed by atoms with Gasteiger partial charge in [0.2, 0.25) is 0 Å². The maximum Gasteiger partial charge on any atom is 0.311 e. The Labute approximate surface area is 169 Å². The van der Waals surface area contributed by atoms with Gasteiger partial charge < -0.3 is 5.11 Å². The quantitative estimate of drug-likeness (QED) is 0.683. The lowest BCUT2D eigenvalue weighted by atomic mass is 9.84. The van der Waals surface area contributed by atoms with Crippen LogP contribution in [0.5, 0.6) is 0 Å². The van der Waals surface area contributed by atoms with Gasteiger partial charge >= 0.3 is 5.97 Å². The van der Waals surface area contributed by atoms with Gasteiger partial charge in [-0.25, -0.2) is 4.68 Å². The van der Waals surface area contributed by atoms with Crippen molar-refractivity contribution in [2.75, 3.05) is 0 Å². The van der Waals surface area contributed by atoms with Crippen molar-refractivity contribution in [3.8, 4) is 11.3 Å². The smallest absolute Gasteiger partial charge is 0.311 e. The second-order valence-corrected chi connectivity index (χ2v) is 7.68. The number of carboxylic acids is 1. The molecule has 1 aromatic heterocycles. The van der Waals surface area contributed by atoms with Crippen LogP contribution in [0.2, 0.25) is 0 Å². The molecule has 0 spiro atoms. The van der Waals surface area contributed by atoms with Gasteiger partial charge in [0, 0.05) is 11.6 Å². The van der Waals surface area contributed by atoms with Gasteiger partial charge in [-0.1, -0.05) is 67.4 Å². The fourth-order valence-electron chi connectivity index (χ4n) is 4.24. The summed E-state index contributed by atoms with van der Waals surface area (Å²) in [6, 6.07) is 20.6. The van der Waals surface area contributed by atoms with E-state index in [4.69, 9.17) is 0 Å². The highest BCUT2D eigenvalue weighted by Crippen LogP contribution is 2.37. The van der Waals surface area contributed by atoms with Crippen molar-refractivity contribution in [2.24, 2.45) is 5.92 Å². The highest BCUT2D eigenvalue weighted by atomic mass is 16.4. The van der Waals surface area contributed by atoms with Crippen LogP contribution in [0.3, 0.4) is 0 Å². The van der Waals surface area contributed by atoms with Gasteiger partial charge in [-0.15, -0.1) is 0 Å². The van der Waals surface area contributed by atoms with Crippen LogP contribution in [0.1, 0.15) is 42.7 Å². The van der Waals surface area contributed by atoms with Crippen LogP contribution in [-0.2, 0) is 11.3 Å². The molecule has 4 rings (SSSR count). The van der Waals surface area contributed by atoms with Crippen molar-refractivity contribution in [3.05, 3.63) is 88.2 Å². The molecular formula is C24H24N2O3. The minimum Gasteiger partial charge on any atom is -0.481 e. The first kappa shape index (κ1) is 19.1. The molecule has 0 aliphatic heterocycles. The monoisotopic (exact) mass is 388 g/mol. The molecule has 1 aliphatic carbocycles. The first-order valence-electron chi connectivity index (χ1n) is 10.1. The Morgan fingerprint density at radius 2 is 1.69 bits per heavy atom. The Morgan fingerprint density at radius 3 is 2.34 bits per heavy atom. The standard InChI is InChI=1S/C24H24N2O3/c27-22-15-14-21(18-6-2-1-3-7-18)25-26(22)16-17-10-12-20(13-11-17)23(24(28)29)19-8-4-5-9-19/h1-3,6-7,10-15,19,23H,4-5,8-9,16H2,(H,28,29). The average molecular weight is 388 g/mol. The third kappa shape index (κ3) is 4.29. The number of hydrogen-bond acceptors (Lipinski definition) is 3. The Kier molecular flexibility index (Phi) is 5.56. The van der Waals surface area contributed by atoms with Crippen molar-refractivity contribution < 1.29 is 9.90 Å². The highest BCUT2D eigenvalue weighted by molar-refractivity contribution is 5.76. The summed E-state index contributed by atoms with van der Waals surface area (Å²) in [7, 11) is 0. The van der Waals surface area contributed by atoms with Gasteiger partial charge in [-0.3, -0.25) is 9.59 Å². The second kappa shape index (κ2) is 8.43. The second-order valence-electron chi connectivity index (χ2n) is 7.68. The van der Waals surface area contributed by atoms with Crippen LogP contribution < -0.4 is 5.56 Å². The van der Waals surface area contributed by atoms with E-state index in [1.807, 2.05) is 54.6 Å². The summed E-state index contributed by atoms with van der Waals surface area (Å²) in [5.41, 5.74) is 3.30. The molecule has 1 unspecified atom stereocenters. The third-order valence-corrected chi connectivity index (χ3v) is 5.74. The zero-order chi connectivity index (χ0) is 20.2. The molecule has 0 bridgehead atoms. The fraction of sp³-hybridized carbons (Fsp3) is 0.292. The molecule has 0 radical (unpaired) electrons. The molecule has 148 valence electrons. The Bertz CT molecular complexity index is 1040. The van der Waals surface area contributed by atoms with Gasteiger partial charge in [0.25, 0.3) is 5.56 Å². The summed E-state index contributed by atoms with van der Waals surface area (Å²) in [5, 5.41) is 14.2. The van der Waals surface area contributed by atoms with Crippen molar-refractivity contribution in [2.45, 2.75) is 38.1 Å². The van der Waals surface area contributed by atoms with Gasteiger partial charge in [-0.05, 0) is 36.0 Å². The molecular weight excluding hydrogens is 364 g/mol. The molecule has 0 saturated heterocycles. The van der Waals surface area contributed by atoms with Crippen LogP contribution in [0.4, 0.5) is 0 Å². The molecule has 29 heavy (non-hydrogen) atoms. The van der Waals surface area contributed by atoms with E-state index in [0.717, 1.165) is 48.1 Å². The lowest BCUT2D eigenvalue weighted by molar-refractivity contribution is -0.140. The number of nitrogens with zero attached hydrogens (tertiary/aromatic N) is 2. The maximum atomic E-state index is 12.3. The first-order valence-corrected chi connectivity index (χ1v) is 10.1. The van der Waals surface area contributed by atoms with Crippen molar-refractivity contribution >= 4 is 5.97 Å². The molecule has 0 amide bonds. The minimum absolute atomic E-state index is 0.164. The molecule has 3 aromatic rings. The normalized spacial score (nSPS) is 15.3. The van der Waals surface area contributed by atoms with E-state index in [2.05, 4.69) is 5.10 Å². The van der Waals surface area contributed by atoms with Crippen molar-refractivity contribution in [1.29, 1.82) is 0 Å². The van der Waals surface area contributed by atoms with E-state index in [-0.39, 0.29) is 11.5 Å². The number of aliphatic carboxylic acids is 1. The van der Waals surface area contributed by atoms with Crippen LogP contribution >= 0.6 is 0 Å². The summed E-state index contributed by atoms with van der Waals surface area (Å²) >= 11 is 0. The number of benzene rings is 2. The fourth-order valence-corrected chi connectivity index (χ4v) is 4.24. The number of rotatable bonds is 6. The number of hydrogen-bond donors (Lipinski definition) is 1. The van der Waals surface area contributed by atoms with Crippen LogP contribution in [0.15, 0.2) is 71.5 Å². The Morgan fingerprint density at radius 1 is 1.00 bits per heavy atom. The van der Waals surface area contributed by atoms with E-state index in [0.29, 0.717) is 6.54 Å². The summed E-state index contributed by atoms with van der Waals surface area (Å²) in [4.78, 5) is 24.1. The third-order valence-electron chi connectivity index (χ3n) is 5.74. The zero-order valence-corrected chi connectivity index (χ0v) is 16.2. The van der Waals surface area contributed by atoms with E-state index in [1.54, 1.807) is 6.07 Å². The highest BCUT2D eigenvalue weighted by Gasteiger charge is 2.31. The maximum absolute atomic E-state index is 12.3. The molecule has 1 aliphatic rings. The predicted octanol–water partition coefficient (Wildman–Crippen LogP) is 4.32. The summed E-state index contributed by atoms with van der Waals surface area (Å²) in [6.07, 6.45) is 4.17. The molecule has 1 saturated carbocycles. The van der Waals surface area contributed by atoms with Crippen LogP contribution in [0.25, 0.3) is 11.3 Å². The largest absolute Gasteiger partial charge is 0.481 e. The van der Waals surface area contributed by atoms with Crippen LogP contribution in [-0.4, -0.2) is 20.9 Å². The summed E-state index contributed by atoms with van der Waals surface area (Å²) < 4.78 is 1.45. The van der Waals surface area contributed by atoms with E-state index < -0.39 is 11.9 Å². The molecule has 1 fully saturated rings. The molecule has 1 N–H and O–H groups in total. The van der Waals surface area contributed by atoms with E-state index in [1.165, 1.54) is 10.7 Å². The topological polar surface area (TPSA) is 72.2 Å². The molecule has 5 nitrogen and oxygen atoms in total. The first-order chi connectivity index (χ1) is 14.1. The SMILES string of the molecule is O=C(O)C(c1ccc(Cn2nc(-c3ccccc3)ccc2=O)cc1)C1CCCC1. The van der Waals surface area contributed by atoms with Gasteiger partial charge in [-0.2, -0.15) is 5.10 Å². The van der Waals surface area contributed by atoms with Gasteiger partial charge in [0.15, 0.2) is 0 Å². The number of carboxylic acid groups (broad SMARTS) is 1. The van der Waals surface area contributed by atoms with Crippen LogP contribution in [0, 0.1) is 5.92 Å². The van der Waals surface area contributed by atoms with Crippen molar-refractivity contribution in [1.82, 2.24) is 9.78 Å². The summed E-state index contributed by atoms with van der Waals surface area (Å²) in [5.74, 6) is -0.989. The minimum atomic E-state index is -0.752. The number of carbonyl (C=O) groups is 1. The van der Waals surface area contributed by atoms with Crippen molar-refractivity contribution in [3.63, 3.8) is 0 Å². The molecule has 2 aromatic carbocycles. The van der Waals surface area contributed by atoms with E-state index >= 15 is 0 Å².